The first-order chi connectivity index (χ1) is 17.7. The van der Waals surface area contributed by atoms with Gasteiger partial charge in [-0.1, -0.05) is 12.1 Å². The summed E-state index contributed by atoms with van der Waals surface area (Å²) in [5.74, 6) is -2.09. The average Bonchev–Trinajstić information content (AvgIpc) is 3.75. The first-order valence-corrected chi connectivity index (χ1v) is 14.5. The molecule has 2 aromatic rings. The number of aryl methyl sites for hydroxylation is 2. The van der Waals surface area contributed by atoms with Crippen LogP contribution in [0, 0.1) is 30.6 Å². The minimum absolute atomic E-state index is 0.0498. The minimum Gasteiger partial charge on any atom is -0.336 e. The van der Waals surface area contributed by atoms with Crippen LogP contribution in [-0.2, 0) is 19.4 Å². The van der Waals surface area contributed by atoms with Gasteiger partial charge in [-0.05, 0) is 63.6 Å². The van der Waals surface area contributed by atoms with Crippen LogP contribution in [0.25, 0.3) is 10.4 Å². The third kappa shape index (κ3) is 4.37. The number of carbonyl (C=O) groups is 2. The second-order valence-electron chi connectivity index (χ2n) is 10.3. The Kier molecular flexibility index (Phi) is 6.15. The molecule has 5 rings (SSSR count). The molecule has 2 aliphatic carbocycles. The van der Waals surface area contributed by atoms with Crippen molar-refractivity contribution in [3.05, 3.63) is 35.0 Å². The molecule has 3 aliphatic rings. The van der Waals surface area contributed by atoms with Crippen LogP contribution in [0.2, 0.25) is 0 Å². The zero-order chi connectivity index (χ0) is 27.7. The maximum absolute atomic E-state index is 13.8. The lowest BCUT2D eigenvalue weighted by Crippen LogP contribution is -2.53. The maximum atomic E-state index is 13.8. The van der Waals surface area contributed by atoms with Gasteiger partial charge in [0.25, 0.3) is 0 Å². The van der Waals surface area contributed by atoms with Gasteiger partial charge >= 0.3 is 6.18 Å². The Morgan fingerprint density at radius 2 is 1.79 bits per heavy atom. The number of benzene rings is 1. The van der Waals surface area contributed by atoms with Gasteiger partial charge in [0.05, 0.1) is 31.8 Å². The number of nitriles is 1. The topological polar surface area (TPSA) is 120 Å². The smallest absolute Gasteiger partial charge is 0.336 e. The van der Waals surface area contributed by atoms with Gasteiger partial charge in [-0.25, -0.2) is 13.4 Å². The number of likely N-dealkylation sites (tertiary alicyclic amines) is 1. The van der Waals surface area contributed by atoms with E-state index >= 15 is 0 Å². The number of halogens is 3. The summed E-state index contributed by atoms with van der Waals surface area (Å²) >= 11 is 1.47. The summed E-state index contributed by atoms with van der Waals surface area (Å²) < 4.78 is 68.4. The zero-order valence-corrected chi connectivity index (χ0v) is 22.3. The molecular weight excluding hydrogens is 541 g/mol. The monoisotopic (exact) mass is 566 g/mol. The molecule has 1 saturated heterocycles. The zero-order valence-electron chi connectivity index (χ0n) is 20.6. The molecular formula is C25H25F3N4O4S2. The van der Waals surface area contributed by atoms with Gasteiger partial charge in [0, 0.05) is 6.54 Å². The molecule has 0 spiro atoms. The number of carbonyl (C=O) groups excluding carboxylic acids is 2. The first-order valence-electron chi connectivity index (χ1n) is 12.1. The van der Waals surface area contributed by atoms with Crippen LogP contribution in [-0.4, -0.2) is 59.7 Å². The SMILES string of the molecule is Cc1nc(C)c(-c2ccc(S(=O)(=O)[C@@H]3C[C@@H](C(=O)NC4(C#N)CC4)N(C(=O)C4(C(F)(F)F)CC4)C3)cc2)s1. The van der Waals surface area contributed by atoms with Gasteiger partial charge < -0.3 is 10.2 Å². The van der Waals surface area contributed by atoms with E-state index in [9.17, 15) is 36.4 Å². The van der Waals surface area contributed by atoms with Crippen molar-refractivity contribution in [3.8, 4) is 16.5 Å². The molecule has 2 heterocycles. The second kappa shape index (κ2) is 8.77. The van der Waals surface area contributed by atoms with Crippen LogP contribution < -0.4 is 5.32 Å². The fourth-order valence-corrected chi connectivity index (χ4v) is 7.63. The largest absolute Gasteiger partial charge is 0.403 e. The number of thiazole rings is 1. The number of nitrogens with one attached hydrogen (secondary N) is 1. The summed E-state index contributed by atoms with van der Waals surface area (Å²) in [5, 5.41) is 11.4. The number of hydrogen-bond donors (Lipinski definition) is 1. The molecule has 202 valence electrons. The molecule has 0 bridgehead atoms. The lowest BCUT2D eigenvalue weighted by atomic mass is 10.0. The number of amides is 2. The Hall–Kier alpha value is -2.98. The molecule has 1 N–H and O–H groups in total. The van der Waals surface area contributed by atoms with Crippen molar-refractivity contribution in [2.45, 2.75) is 73.9 Å². The van der Waals surface area contributed by atoms with Crippen LogP contribution >= 0.6 is 11.3 Å². The highest BCUT2D eigenvalue weighted by molar-refractivity contribution is 7.92. The van der Waals surface area contributed by atoms with Gasteiger partial charge in [-0.3, -0.25) is 9.59 Å². The van der Waals surface area contributed by atoms with Crippen LogP contribution in [0.3, 0.4) is 0 Å². The van der Waals surface area contributed by atoms with E-state index in [0.717, 1.165) is 26.0 Å². The van der Waals surface area contributed by atoms with E-state index in [-0.39, 0.29) is 11.3 Å². The van der Waals surface area contributed by atoms with E-state index in [1.807, 2.05) is 19.9 Å². The predicted octanol–water partition coefficient (Wildman–Crippen LogP) is 3.69. The maximum Gasteiger partial charge on any atom is 0.403 e. The Morgan fingerprint density at radius 3 is 2.26 bits per heavy atom. The van der Waals surface area contributed by atoms with E-state index < -0.39 is 69.5 Å². The van der Waals surface area contributed by atoms with E-state index in [0.29, 0.717) is 12.8 Å². The minimum atomic E-state index is -4.81. The standard InChI is InChI=1S/C25H25F3N4O4S2/c1-14-20(37-15(2)30-14)16-3-5-17(6-4-16)38(35,36)18-11-19(21(33)31-23(13-29)7-8-23)32(12-18)22(34)24(9-10-24)25(26,27)28/h3-6,18-19H,7-12H2,1-2H3,(H,31,33)/t18-,19+/m1/s1. The van der Waals surface area contributed by atoms with Crippen LogP contribution in [0.15, 0.2) is 29.2 Å². The number of aromatic nitrogens is 1. The lowest BCUT2D eigenvalue weighted by molar-refractivity contribution is -0.199. The second-order valence-corrected chi connectivity index (χ2v) is 13.7. The van der Waals surface area contributed by atoms with Crippen molar-refractivity contribution in [1.29, 1.82) is 5.26 Å². The van der Waals surface area contributed by atoms with Crippen molar-refractivity contribution < 1.29 is 31.2 Å². The Balaban J connectivity index is 1.43. The third-order valence-corrected chi connectivity index (χ3v) is 10.9. The summed E-state index contributed by atoms with van der Waals surface area (Å²) in [6.45, 7) is 3.18. The van der Waals surface area contributed by atoms with Crippen molar-refractivity contribution in [2.24, 2.45) is 5.41 Å². The number of sulfone groups is 1. The average molecular weight is 567 g/mol. The fourth-order valence-electron chi connectivity index (χ4n) is 5.01. The summed E-state index contributed by atoms with van der Waals surface area (Å²) in [5.41, 5.74) is -2.12. The highest BCUT2D eigenvalue weighted by Gasteiger charge is 2.70. The molecule has 1 aromatic carbocycles. The normalized spacial score (nSPS) is 23.5. The lowest BCUT2D eigenvalue weighted by Gasteiger charge is -2.29. The Bertz CT molecular complexity index is 1450. The van der Waals surface area contributed by atoms with Crippen LogP contribution in [0.1, 0.15) is 42.8 Å². The molecule has 3 fully saturated rings. The predicted molar refractivity (Wildman–Crippen MR) is 132 cm³/mol. The van der Waals surface area contributed by atoms with Gasteiger partial charge in [0.2, 0.25) is 11.8 Å². The molecule has 13 heteroatoms. The number of alkyl halides is 3. The molecule has 2 saturated carbocycles. The Labute approximate surface area is 221 Å². The summed E-state index contributed by atoms with van der Waals surface area (Å²) in [6, 6.07) is 6.68. The van der Waals surface area contributed by atoms with Gasteiger partial charge in [0.15, 0.2) is 9.84 Å². The number of nitrogens with zero attached hydrogens (tertiary/aromatic N) is 3. The van der Waals surface area contributed by atoms with Gasteiger partial charge in [0.1, 0.15) is 17.0 Å². The fraction of sp³-hybridized carbons (Fsp3) is 0.520. The number of rotatable bonds is 6. The molecule has 0 unspecified atom stereocenters. The van der Waals surface area contributed by atoms with Crippen molar-refractivity contribution >= 4 is 33.0 Å². The molecule has 0 radical (unpaired) electrons. The van der Waals surface area contributed by atoms with Crippen molar-refractivity contribution in [2.75, 3.05) is 6.54 Å². The van der Waals surface area contributed by atoms with Crippen LogP contribution in [0.5, 0.6) is 0 Å². The molecule has 2 atom stereocenters. The summed E-state index contributed by atoms with van der Waals surface area (Å²) in [7, 11) is -4.10. The first kappa shape index (κ1) is 26.6. The molecule has 38 heavy (non-hydrogen) atoms. The number of hydrogen-bond acceptors (Lipinski definition) is 7. The summed E-state index contributed by atoms with van der Waals surface area (Å²) in [4.78, 5) is 32.2. The molecule has 1 aliphatic heterocycles. The molecule has 8 nitrogen and oxygen atoms in total. The van der Waals surface area contributed by atoms with E-state index in [2.05, 4.69) is 10.3 Å². The third-order valence-electron chi connectivity index (χ3n) is 7.64. The van der Waals surface area contributed by atoms with Gasteiger partial charge in [-0.2, -0.15) is 18.4 Å². The van der Waals surface area contributed by atoms with E-state index in [1.165, 1.54) is 23.5 Å². The van der Waals surface area contributed by atoms with Crippen molar-refractivity contribution in [1.82, 2.24) is 15.2 Å². The Morgan fingerprint density at radius 1 is 1.16 bits per heavy atom. The summed E-state index contributed by atoms with van der Waals surface area (Å²) in [6.07, 6.45) is -5.21. The van der Waals surface area contributed by atoms with E-state index in [1.54, 1.807) is 12.1 Å². The quantitative estimate of drug-likeness (QED) is 0.570. The highest BCUT2D eigenvalue weighted by Crippen LogP contribution is 2.59. The molecule has 2 amide bonds. The van der Waals surface area contributed by atoms with Gasteiger partial charge in [-0.15, -0.1) is 11.3 Å². The highest BCUT2D eigenvalue weighted by atomic mass is 32.2. The molecule has 1 aromatic heterocycles. The van der Waals surface area contributed by atoms with Crippen LogP contribution in [0.4, 0.5) is 13.2 Å². The van der Waals surface area contributed by atoms with Crippen molar-refractivity contribution in [3.63, 3.8) is 0 Å². The van der Waals surface area contributed by atoms with E-state index in [4.69, 9.17) is 0 Å².